The summed E-state index contributed by atoms with van der Waals surface area (Å²) in [6.45, 7) is 0. The van der Waals surface area contributed by atoms with Gasteiger partial charge in [-0.1, -0.05) is 12.1 Å². The quantitative estimate of drug-likeness (QED) is 0.694. The van der Waals surface area contributed by atoms with Gasteiger partial charge in [0.1, 0.15) is 10.7 Å². The van der Waals surface area contributed by atoms with Gasteiger partial charge in [0.2, 0.25) is 5.82 Å². The van der Waals surface area contributed by atoms with Crippen molar-refractivity contribution in [1.29, 1.82) is 0 Å². The minimum Gasteiger partial charge on any atom is -0.279 e. The van der Waals surface area contributed by atoms with E-state index in [1.54, 1.807) is 0 Å². The predicted octanol–water partition coefficient (Wildman–Crippen LogP) is 2.67. The van der Waals surface area contributed by atoms with E-state index < -0.39 is 37.2 Å². The molecule has 2 aromatic carbocycles. The lowest BCUT2D eigenvalue weighted by Crippen LogP contribution is -2.14. The van der Waals surface area contributed by atoms with Gasteiger partial charge in [-0.05, 0) is 24.3 Å². The Hall–Kier alpha value is -2.55. The Morgan fingerprint density at radius 3 is 2.33 bits per heavy atom. The standard InChI is InChI=1S/C12H8F2N2O4S/c13-9-6-5-8(7-11(9)16(17)18)15-21(19,20)12-4-2-1-3-10(12)14/h1-7,15H. The molecule has 0 fully saturated rings. The third-order valence-electron chi connectivity index (χ3n) is 2.52. The molecule has 0 saturated heterocycles. The average molecular weight is 314 g/mol. The molecule has 2 rings (SSSR count). The number of hydrogen-bond acceptors (Lipinski definition) is 4. The van der Waals surface area contributed by atoms with E-state index in [1.807, 2.05) is 4.72 Å². The van der Waals surface area contributed by atoms with Crippen molar-refractivity contribution < 1.29 is 22.1 Å². The van der Waals surface area contributed by atoms with Crippen LogP contribution in [0.2, 0.25) is 0 Å². The van der Waals surface area contributed by atoms with Crippen LogP contribution in [-0.2, 0) is 10.0 Å². The highest BCUT2D eigenvalue weighted by molar-refractivity contribution is 7.92. The first kappa shape index (κ1) is 14.9. The molecule has 9 heteroatoms. The minimum atomic E-state index is -4.27. The summed E-state index contributed by atoms with van der Waals surface area (Å²) in [5, 5.41) is 10.6. The van der Waals surface area contributed by atoms with Gasteiger partial charge in [0, 0.05) is 6.07 Å². The van der Waals surface area contributed by atoms with E-state index in [0.717, 1.165) is 24.3 Å². The van der Waals surface area contributed by atoms with Crippen molar-refractivity contribution in [1.82, 2.24) is 0 Å². The zero-order valence-electron chi connectivity index (χ0n) is 10.3. The molecule has 1 N–H and O–H groups in total. The van der Waals surface area contributed by atoms with Crippen molar-refractivity contribution in [3.63, 3.8) is 0 Å². The smallest absolute Gasteiger partial charge is 0.279 e. The van der Waals surface area contributed by atoms with E-state index in [9.17, 15) is 27.3 Å². The molecule has 21 heavy (non-hydrogen) atoms. The maximum absolute atomic E-state index is 13.5. The maximum atomic E-state index is 13.5. The number of nitrogens with zero attached hydrogens (tertiary/aromatic N) is 1. The van der Waals surface area contributed by atoms with Crippen LogP contribution in [0, 0.1) is 21.7 Å². The van der Waals surface area contributed by atoms with Crippen LogP contribution in [-0.4, -0.2) is 13.3 Å². The van der Waals surface area contributed by atoms with E-state index >= 15 is 0 Å². The average Bonchev–Trinajstić information content (AvgIpc) is 2.40. The number of nitro groups is 1. The third kappa shape index (κ3) is 3.14. The Morgan fingerprint density at radius 2 is 1.71 bits per heavy atom. The van der Waals surface area contributed by atoms with Crippen LogP contribution < -0.4 is 4.72 Å². The molecule has 6 nitrogen and oxygen atoms in total. The number of hydrogen-bond donors (Lipinski definition) is 1. The van der Waals surface area contributed by atoms with Crippen molar-refractivity contribution in [3.05, 3.63) is 64.2 Å². The third-order valence-corrected chi connectivity index (χ3v) is 3.94. The molecule has 0 aliphatic carbocycles. The highest BCUT2D eigenvalue weighted by atomic mass is 32.2. The highest BCUT2D eigenvalue weighted by Gasteiger charge is 2.21. The van der Waals surface area contributed by atoms with Gasteiger partial charge >= 0.3 is 5.69 Å². The van der Waals surface area contributed by atoms with Crippen molar-refractivity contribution in [2.24, 2.45) is 0 Å². The Labute approximate surface area is 118 Å². The fraction of sp³-hybridized carbons (Fsp3) is 0. The molecule has 0 heterocycles. The van der Waals surface area contributed by atoms with Crippen LogP contribution in [0.5, 0.6) is 0 Å². The molecule has 0 spiro atoms. The van der Waals surface area contributed by atoms with Gasteiger partial charge in [-0.25, -0.2) is 12.8 Å². The van der Waals surface area contributed by atoms with E-state index in [2.05, 4.69) is 0 Å². The second-order valence-corrected chi connectivity index (χ2v) is 5.61. The molecule has 0 aliphatic rings. The van der Waals surface area contributed by atoms with Crippen molar-refractivity contribution in [3.8, 4) is 0 Å². The summed E-state index contributed by atoms with van der Waals surface area (Å²) in [5.74, 6) is -2.07. The molecular weight excluding hydrogens is 306 g/mol. The number of nitrogens with one attached hydrogen (secondary N) is 1. The molecule has 0 amide bonds. The van der Waals surface area contributed by atoms with Gasteiger partial charge in [-0.2, -0.15) is 4.39 Å². The molecule has 0 radical (unpaired) electrons. The molecule has 0 atom stereocenters. The molecule has 0 aliphatic heterocycles. The van der Waals surface area contributed by atoms with Crippen LogP contribution in [0.15, 0.2) is 47.4 Å². The number of sulfonamides is 1. The summed E-state index contributed by atoms with van der Waals surface area (Å²) in [5.41, 5.74) is -1.13. The van der Waals surface area contributed by atoms with Crippen LogP contribution >= 0.6 is 0 Å². The fourth-order valence-electron chi connectivity index (χ4n) is 1.59. The summed E-state index contributed by atoms with van der Waals surface area (Å²) in [7, 11) is -4.27. The fourth-order valence-corrected chi connectivity index (χ4v) is 2.72. The summed E-state index contributed by atoms with van der Waals surface area (Å²) in [6, 6.07) is 7.10. The molecule has 0 saturated carbocycles. The second kappa shape index (κ2) is 5.44. The van der Waals surface area contributed by atoms with Crippen molar-refractivity contribution >= 4 is 21.4 Å². The van der Waals surface area contributed by atoms with Crippen LogP contribution in [0.25, 0.3) is 0 Å². The SMILES string of the molecule is O=[N+]([O-])c1cc(NS(=O)(=O)c2ccccc2F)ccc1F. The van der Waals surface area contributed by atoms with E-state index in [-0.39, 0.29) is 5.69 Å². The molecule has 2 aromatic rings. The van der Waals surface area contributed by atoms with Gasteiger partial charge in [-0.3, -0.25) is 14.8 Å². The monoisotopic (exact) mass is 314 g/mol. The lowest BCUT2D eigenvalue weighted by Gasteiger charge is -2.08. The van der Waals surface area contributed by atoms with E-state index in [1.165, 1.54) is 12.1 Å². The molecule has 110 valence electrons. The Kier molecular flexibility index (Phi) is 3.85. The number of benzene rings is 2. The molecule has 0 unspecified atom stereocenters. The topological polar surface area (TPSA) is 89.3 Å². The summed E-state index contributed by atoms with van der Waals surface area (Å²) >= 11 is 0. The van der Waals surface area contributed by atoms with Gasteiger partial charge < -0.3 is 0 Å². The Bertz CT molecular complexity index is 809. The second-order valence-electron chi connectivity index (χ2n) is 3.96. The molecular formula is C12H8F2N2O4S. The summed E-state index contributed by atoms with van der Waals surface area (Å²) in [4.78, 5) is 8.99. The van der Waals surface area contributed by atoms with Gasteiger partial charge in [0.15, 0.2) is 0 Å². The molecule has 0 bridgehead atoms. The van der Waals surface area contributed by atoms with E-state index in [4.69, 9.17) is 0 Å². The van der Waals surface area contributed by atoms with Gasteiger partial charge in [0.05, 0.1) is 10.6 Å². The zero-order valence-corrected chi connectivity index (χ0v) is 11.1. The van der Waals surface area contributed by atoms with Crippen LogP contribution in [0.4, 0.5) is 20.2 Å². The molecule has 0 aromatic heterocycles. The first-order chi connectivity index (χ1) is 9.81. The minimum absolute atomic E-state index is 0.244. The highest BCUT2D eigenvalue weighted by Crippen LogP contribution is 2.24. The van der Waals surface area contributed by atoms with Gasteiger partial charge in [-0.15, -0.1) is 0 Å². The lowest BCUT2D eigenvalue weighted by molar-refractivity contribution is -0.387. The maximum Gasteiger partial charge on any atom is 0.306 e. The normalized spacial score (nSPS) is 11.1. The summed E-state index contributed by atoms with van der Waals surface area (Å²) in [6.07, 6.45) is 0. The van der Waals surface area contributed by atoms with Crippen molar-refractivity contribution in [2.45, 2.75) is 4.90 Å². The van der Waals surface area contributed by atoms with Crippen LogP contribution in [0.1, 0.15) is 0 Å². The first-order valence-corrected chi connectivity index (χ1v) is 7.01. The van der Waals surface area contributed by atoms with Gasteiger partial charge in [0.25, 0.3) is 10.0 Å². The van der Waals surface area contributed by atoms with Crippen LogP contribution in [0.3, 0.4) is 0 Å². The largest absolute Gasteiger partial charge is 0.306 e. The summed E-state index contributed by atoms with van der Waals surface area (Å²) < 4.78 is 52.5. The number of rotatable bonds is 4. The lowest BCUT2D eigenvalue weighted by atomic mass is 10.3. The Balaban J connectivity index is 2.40. The number of nitro benzene ring substituents is 1. The predicted molar refractivity (Wildman–Crippen MR) is 70.3 cm³/mol. The number of halogens is 2. The van der Waals surface area contributed by atoms with E-state index in [0.29, 0.717) is 6.07 Å². The Morgan fingerprint density at radius 1 is 1.05 bits per heavy atom. The first-order valence-electron chi connectivity index (χ1n) is 5.52. The zero-order chi connectivity index (χ0) is 15.6. The van der Waals surface area contributed by atoms with Crippen molar-refractivity contribution in [2.75, 3.05) is 4.72 Å². The number of anilines is 1.